The second-order valence-corrected chi connectivity index (χ2v) is 8.52. The van der Waals surface area contributed by atoms with E-state index in [0.717, 1.165) is 25.7 Å². The monoisotopic (exact) mass is 411 g/mol. The van der Waals surface area contributed by atoms with E-state index in [1.54, 1.807) is 18.0 Å². The number of nitrogens with one attached hydrogen (secondary N) is 1. The van der Waals surface area contributed by atoms with Gasteiger partial charge in [0.1, 0.15) is 0 Å². The fourth-order valence-electron chi connectivity index (χ4n) is 3.73. The van der Waals surface area contributed by atoms with Crippen LogP contribution in [0.25, 0.3) is 0 Å². The van der Waals surface area contributed by atoms with Gasteiger partial charge in [-0.3, -0.25) is 14.4 Å². The van der Waals surface area contributed by atoms with E-state index in [1.165, 1.54) is 11.3 Å². The van der Waals surface area contributed by atoms with Gasteiger partial charge in [0, 0.05) is 43.0 Å². The lowest BCUT2D eigenvalue weighted by molar-refractivity contribution is -0.119. The van der Waals surface area contributed by atoms with E-state index in [2.05, 4.69) is 5.32 Å². The van der Waals surface area contributed by atoms with E-state index >= 15 is 0 Å². The molecule has 3 amide bonds. The molecule has 1 aromatic carbocycles. The minimum Gasteiger partial charge on any atom is -0.349 e. The highest BCUT2D eigenvalue weighted by molar-refractivity contribution is 7.08. The number of rotatable bonds is 5. The Balaban J connectivity index is 1.38. The largest absolute Gasteiger partial charge is 0.349 e. The summed E-state index contributed by atoms with van der Waals surface area (Å²) < 4.78 is 0. The number of anilines is 1. The Morgan fingerprint density at radius 1 is 1.07 bits per heavy atom. The van der Waals surface area contributed by atoms with Crippen LogP contribution in [0.2, 0.25) is 0 Å². The van der Waals surface area contributed by atoms with Crippen molar-refractivity contribution in [2.75, 3.05) is 25.0 Å². The minimum absolute atomic E-state index is 0.0541. The molecule has 1 aromatic heterocycles. The number of carbonyl (C=O) groups excluding carboxylic acids is 3. The van der Waals surface area contributed by atoms with Crippen molar-refractivity contribution >= 4 is 34.7 Å². The molecule has 2 aromatic rings. The third kappa shape index (κ3) is 4.34. The lowest BCUT2D eigenvalue weighted by atomic mass is 10.0. The fourth-order valence-corrected chi connectivity index (χ4v) is 4.37. The van der Waals surface area contributed by atoms with E-state index < -0.39 is 0 Å². The summed E-state index contributed by atoms with van der Waals surface area (Å²) in [4.78, 5) is 41.3. The highest BCUT2D eigenvalue weighted by atomic mass is 32.1. The molecule has 0 bridgehead atoms. The number of likely N-dealkylation sites (tertiary alicyclic amines) is 1. The first-order valence-corrected chi connectivity index (χ1v) is 11.0. The number of hydrogen-bond donors (Lipinski definition) is 1. The SMILES string of the molecule is CN(C(=O)C1CC1)c1ccccc1C(=O)N1CCC(NC(=O)c2ccsc2)CC1. The van der Waals surface area contributed by atoms with Crippen LogP contribution < -0.4 is 10.2 Å². The van der Waals surface area contributed by atoms with Crippen molar-refractivity contribution in [3.05, 3.63) is 52.2 Å². The average molecular weight is 412 g/mol. The minimum atomic E-state index is -0.0568. The molecule has 0 unspecified atom stereocenters. The zero-order valence-electron chi connectivity index (χ0n) is 16.5. The molecule has 2 heterocycles. The smallest absolute Gasteiger partial charge is 0.255 e. The second kappa shape index (κ2) is 8.37. The third-order valence-electron chi connectivity index (χ3n) is 5.65. The van der Waals surface area contributed by atoms with Crippen LogP contribution in [0.5, 0.6) is 0 Å². The molecule has 152 valence electrons. The number of hydrogen-bond acceptors (Lipinski definition) is 4. The molecule has 2 aliphatic rings. The maximum absolute atomic E-state index is 13.2. The molecule has 0 atom stereocenters. The Morgan fingerprint density at radius 2 is 1.79 bits per heavy atom. The predicted octanol–water partition coefficient (Wildman–Crippen LogP) is 3.16. The van der Waals surface area contributed by atoms with Crippen LogP contribution in [0.1, 0.15) is 46.4 Å². The summed E-state index contributed by atoms with van der Waals surface area (Å²) in [6, 6.07) is 9.20. The zero-order chi connectivity index (χ0) is 20.4. The van der Waals surface area contributed by atoms with Gasteiger partial charge in [-0.05, 0) is 49.3 Å². The Kier molecular flexibility index (Phi) is 5.67. The summed E-state index contributed by atoms with van der Waals surface area (Å²) in [5.41, 5.74) is 1.91. The molecule has 1 aliphatic carbocycles. The highest BCUT2D eigenvalue weighted by Crippen LogP contribution is 2.33. The van der Waals surface area contributed by atoms with Gasteiger partial charge >= 0.3 is 0 Å². The normalized spacial score (nSPS) is 17.1. The summed E-state index contributed by atoms with van der Waals surface area (Å²) in [6.07, 6.45) is 3.31. The van der Waals surface area contributed by atoms with Crippen molar-refractivity contribution in [3.63, 3.8) is 0 Å². The highest BCUT2D eigenvalue weighted by Gasteiger charge is 2.34. The van der Waals surface area contributed by atoms with Gasteiger partial charge in [0.25, 0.3) is 11.8 Å². The number of benzene rings is 1. The van der Waals surface area contributed by atoms with Crippen LogP contribution >= 0.6 is 11.3 Å². The van der Waals surface area contributed by atoms with Crippen LogP contribution in [0, 0.1) is 5.92 Å². The zero-order valence-corrected chi connectivity index (χ0v) is 17.3. The van der Waals surface area contributed by atoms with Crippen LogP contribution in [-0.2, 0) is 4.79 Å². The Labute approximate surface area is 174 Å². The van der Waals surface area contributed by atoms with Crippen molar-refractivity contribution in [2.24, 2.45) is 5.92 Å². The van der Waals surface area contributed by atoms with Crippen LogP contribution in [0.3, 0.4) is 0 Å². The van der Waals surface area contributed by atoms with Gasteiger partial charge in [-0.25, -0.2) is 0 Å². The van der Waals surface area contributed by atoms with E-state index in [9.17, 15) is 14.4 Å². The molecule has 4 rings (SSSR count). The molecule has 0 spiro atoms. The van der Waals surface area contributed by atoms with Gasteiger partial charge in [0.15, 0.2) is 0 Å². The van der Waals surface area contributed by atoms with E-state index in [0.29, 0.717) is 29.9 Å². The summed E-state index contributed by atoms with van der Waals surface area (Å²) in [5.74, 6) is 0.0751. The van der Waals surface area contributed by atoms with Gasteiger partial charge in [0.05, 0.1) is 11.3 Å². The second-order valence-electron chi connectivity index (χ2n) is 7.74. The maximum Gasteiger partial charge on any atom is 0.255 e. The summed E-state index contributed by atoms with van der Waals surface area (Å²) in [6.45, 7) is 1.17. The Morgan fingerprint density at radius 3 is 2.45 bits per heavy atom. The topological polar surface area (TPSA) is 69.7 Å². The van der Waals surface area contributed by atoms with Crippen molar-refractivity contribution < 1.29 is 14.4 Å². The van der Waals surface area contributed by atoms with Gasteiger partial charge < -0.3 is 15.1 Å². The number of thiophene rings is 1. The third-order valence-corrected chi connectivity index (χ3v) is 6.34. The lowest BCUT2D eigenvalue weighted by Gasteiger charge is -2.33. The van der Waals surface area contributed by atoms with Gasteiger partial charge in [-0.2, -0.15) is 11.3 Å². The Bertz CT molecular complexity index is 900. The maximum atomic E-state index is 13.2. The molecule has 29 heavy (non-hydrogen) atoms. The quantitative estimate of drug-likeness (QED) is 0.822. The first-order valence-electron chi connectivity index (χ1n) is 10.0. The van der Waals surface area contributed by atoms with Crippen molar-refractivity contribution in [1.29, 1.82) is 0 Å². The van der Waals surface area contributed by atoms with Crippen molar-refractivity contribution in [1.82, 2.24) is 10.2 Å². The number of amides is 3. The number of carbonyl (C=O) groups is 3. The first-order chi connectivity index (χ1) is 14.0. The van der Waals surface area contributed by atoms with Crippen molar-refractivity contribution in [3.8, 4) is 0 Å². The number of piperidine rings is 1. The van der Waals surface area contributed by atoms with Crippen molar-refractivity contribution in [2.45, 2.75) is 31.7 Å². The lowest BCUT2D eigenvalue weighted by Crippen LogP contribution is -2.46. The summed E-state index contributed by atoms with van der Waals surface area (Å²) in [5, 5.41) is 6.79. The van der Waals surface area contributed by atoms with E-state index in [4.69, 9.17) is 0 Å². The standard InChI is InChI=1S/C22H25N3O3S/c1-24(21(27)15-6-7-15)19-5-3-2-4-18(19)22(28)25-11-8-17(9-12-25)23-20(26)16-10-13-29-14-16/h2-5,10,13-15,17H,6-9,11-12H2,1H3,(H,23,26). The molecule has 1 saturated carbocycles. The summed E-state index contributed by atoms with van der Waals surface area (Å²) >= 11 is 1.50. The molecule has 1 N–H and O–H groups in total. The molecule has 1 saturated heterocycles. The first kappa shape index (κ1) is 19.6. The number of para-hydroxylation sites is 1. The van der Waals surface area contributed by atoms with Crippen LogP contribution in [-0.4, -0.2) is 48.8 Å². The molecule has 1 aliphatic heterocycles. The molecule has 6 nitrogen and oxygen atoms in total. The molecular weight excluding hydrogens is 386 g/mol. The number of nitrogens with zero attached hydrogens (tertiary/aromatic N) is 2. The average Bonchev–Trinajstić information content (AvgIpc) is 3.46. The van der Waals surface area contributed by atoms with E-state index in [-0.39, 0.29) is 29.7 Å². The summed E-state index contributed by atoms with van der Waals surface area (Å²) in [7, 11) is 1.75. The van der Waals surface area contributed by atoms with Gasteiger partial charge in [-0.1, -0.05) is 12.1 Å². The predicted molar refractivity (Wildman–Crippen MR) is 113 cm³/mol. The Hall–Kier alpha value is -2.67. The molecule has 2 fully saturated rings. The molecule has 0 radical (unpaired) electrons. The van der Waals surface area contributed by atoms with Gasteiger partial charge in [-0.15, -0.1) is 0 Å². The molecular formula is C22H25N3O3S. The van der Waals surface area contributed by atoms with Crippen LogP contribution in [0.15, 0.2) is 41.1 Å². The fraction of sp³-hybridized carbons (Fsp3) is 0.409. The van der Waals surface area contributed by atoms with Crippen LogP contribution in [0.4, 0.5) is 5.69 Å². The molecule has 7 heteroatoms. The van der Waals surface area contributed by atoms with E-state index in [1.807, 2.05) is 39.9 Å². The van der Waals surface area contributed by atoms with Gasteiger partial charge in [0.2, 0.25) is 5.91 Å².